The van der Waals surface area contributed by atoms with Crippen molar-refractivity contribution in [3.8, 4) is 0 Å². The van der Waals surface area contributed by atoms with Gasteiger partial charge in [0.25, 0.3) is 0 Å². The van der Waals surface area contributed by atoms with E-state index in [1.807, 2.05) is 18.2 Å². The molecule has 0 bridgehead atoms. The molecule has 0 radical (unpaired) electrons. The van der Waals surface area contributed by atoms with Crippen LogP contribution in [0.1, 0.15) is 24.8 Å². The Kier molecular flexibility index (Phi) is 5.06. The fraction of sp³-hybridized carbons (Fsp3) is 0.333. The maximum atomic E-state index is 6.24. The highest BCUT2D eigenvalue weighted by atomic mass is 35.5. The van der Waals surface area contributed by atoms with Crippen LogP contribution in [0.5, 0.6) is 0 Å². The zero-order valence-corrected chi connectivity index (χ0v) is 16.0. The van der Waals surface area contributed by atoms with Crippen molar-refractivity contribution < 1.29 is 0 Å². The lowest BCUT2D eigenvalue weighted by atomic mass is 10.1. The van der Waals surface area contributed by atoms with Gasteiger partial charge in [0.1, 0.15) is 0 Å². The standard InChI is InChI=1S/C18H18Cl2N4S/c19-14-5-4-6-15(20)17(14)25-12-13-7-10-24-16(11-13)21-22-18(24)23-8-2-1-3-9-23/h4-7,10-11H,1-3,8-9,12H2. The number of hydrogen-bond acceptors (Lipinski definition) is 4. The third-order valence-corrected chi connectivity index (χ3v) is 6.46. The minimum atomic E-state index is 0.688. The molecule has 3 heterocycles. The molecule has 0 aliphatic carbocycles. The SMILES string of the molecule is Clc1cccc(Cl)c1SCc1ccn2c(N3CCCCC3)nnc2c1. The van der Waals surface area contributed by atoms with E-state index in [-0.39, 0.29) is 0 Å². The first kappa shape index (κ1) is 17.0. The molecule has 1 aliphatic heterocycles. The van der Waals surface area contributed by atoms with Gasteiger partial charge in [-0.15, -0.1) is 22.0 Å². The molecule has 2 aromatic heterocycles. The lowest BCUT2D eigenvalue weighted by molar-refractivity contribution is 0.566. The molecule has 1 saturated heterocycles. The highest BCUT2D eigenvalue weighted by molar-refractivity contribution is 7.98. The number of nitrogens with zero attached hydrogens (tertiary/aromatic N) is 4. The van der Waals surface area contributed by atoms with Gasteiger partial charge in [-0.25, -0.2) is 0 Å². The van der Waals surface area contributed by atoms with Crippen molar-refractivity contribution in [3.05, 3.63) is 52.1 Å². The lowest BCUT2D eigenvalue weighted by Crippen LogP contribution is -2.31. The Balaban J connectivity index is 1.54. The minimum Gasteiger partial charge on any atom is -0.341 e. The topological polar surface area (TPSA) is 33.4 Å². The zero-order chi connectivity index (χ0) is 17.2. The van der Waals surface area contributed by atoms with Crippen LogP contribution in [-0.4, -0.2) is 27.7 Å². The number of piperidine rings is 1. The van der Waals surface area contributed by atoms with Crippen LogP contribution < -0.4 is 4.90 Å². The maximum Gasteiger partial charge on any atom is 0.231 e. The highest BCUT2D eigenvalue weighted by Gasteiger charge is 2.16. The molecule has 4 nitrogen and oxygen atoms in total. The average Bonchev–Trinajstić information content (AvgIpc) is 3.05. The van der Waals surface area contributed by atoms with E-state index in [0.717, 1.165) is 35.3 Å². The van der Waals surface area contributed by atoms with Gasteiger partial charge in [0.05, 0.1) is 10.0 Å². The van der Waals surface area contributed by atoms with Gasteiger partial charge >= 0.3 is 0 Å². The van der Waals surface area contributed by atoms with Crippen molar-refractivity contribution >= 4 is 46.6 Å². The van der Waals surface area contributed by atoms with Gasteiger partial charge in [0.15, 0.2) is 5.65 Å². The summed E-state index contributed by atoms with van der Waals surface area (Å²) in [4.78, 5) is 3.24. The Morgan fingerprint density at radius 3 is 2.52 bits per heavy atom. The number of rotatable bonds is 4. The Morgan fingerprint density at radius 2 is 1.76 bits per heavy atom. The Bertz CT molecular complexity index is 870. The number of anilines is 1. The van der Waals surface area contributed by atoms with E-state index in [0.29, 0.717) is 10.0 Å². The summed E-state index contributed by atoms with van der Waals surface area (Å²) in [6.45, 7) is 2.12. The van der Waals surface area contributed by atoms with Gasteiger partial charge in [-0.3, -0.25) is 4.40 Å². The van der Waals surface area contributed by atoms with E-state index >= 15 is 0 Å². The summed E-state index contributed by atoms with van der Waals surface area (Å²) in [7, 11) is 0. The summed E-state index contributed by atoms with van der Waals surface area (Å²) in [6, 6.07) is 9.78. The van der Waals surface area contributed by atoms with Crippen LogP contribution in [0.3, 0.4) is 0 Å². The number of thioether (sulfide) groups is 1. The second-order valence-corrected chi connectivity index (χ2v) is 7.95. The number of aromatic nitrogens is 3. The number of halogens is 2. The summed E-state index contributed by atoms with van der Waals surface area (Å²) in [6.07, 6.45) is 5.81. The third-order valence-electron chi connectivity index (χ3n) is 4.40. The first-order valence-corrected chi connectivity index (χ1v) is 10.1. The molecule has 0 saturated carbocycles. The van der Waals surface area contributed by atoms with Gasteiger partial charge < -0.3 is 4.90 Å². The van der Waals surface area contributed by atoms with Crippen molar-refractivity contribution in [1.29, 1.82) is 0 Å². The van der Waals surface area contributed by atoms with Crippen molar-refractivity contribution in [2.75, 3.05) is 18.0 Å². The van der Waals surface area contributed by atoms with Crippen molar-refractivity contribution in [3.63, 3.8) is 0 Å². The number of benzene rings is 1. The fourth-order valence-electron chi connectivity index (χ4n) is 3.10. The molecule has 7 heteroatoms. The quantitative estimate of drug-likeness (QED) is 0.562. The molecule has 130 valence electrons. The summed E-state index contributed by atoms with van der Waals surface area (Å²) >= 11 is 14.1. The fourth-order valence-corrected chi connectivity index (χ4v) is 4.72. The van der Waals surface area contributed by atoms with E-state index in [4.69, 9.17) is 23.2 Å². The summed E-state index contributed by atoms with van der Waals surface area (Å²) in [5.41, 5.74) is 2.05. The maximum absolute atomic E-state index is 6.24. The minimum absolute atomic E-state index is 0.688. The zero-order valence-electron chi connectivity index (χ0n) is 13.7. The van der Waals surface area contributed by atoms with Crippen molar-refractivity contribution in [1.82, 2.24) is 14.6 Å². The predicted molar refractivity (Wildman–Crippen MR) is 105 cm³/mol. The summed E-state index contributed by atoms with van der Waals surface area (Å²) < 4.78 is 2.07. The molecule has 0 N–H and O–H groups in total. The number of hydrogen-bond donors (Lipinski definition) is 0. The average molecular weight is 393 g/mol. The monoisotopic (exact) mass is 392 g/mol. The second kappa shape index (κ2) is 7.44. The van der Waals surface area contributed by atoms with Crippen LogP contribution in [0.25, 0.3) is 5.65 Å². The Morgan fingerprint density at radius 1 is 1.00 bits per heavy atom. The normalized spacial score (nSPS) is 15.0. The lowest BCUT2D eigenvalue weighted by Gasteiger charge is -2.26. The Hall–Kier alpha value is -1.43. The molecule has 4 rings (SSSR count). The Labute approximate surface area is 161 Å². The van der Waals surface area contributed by atoms with E-state index in [1.165, 1.54) is 24.8 Å². The molecule has 1 aliphatic rings. The van der Waals surface area contributed by atoms with E-state index < -0.39 is 0 Å². The van der Waals surface area contributed by atoms with Gasteiger partial charge in [-0.2, -0.15) is 0 Å². The van der Waals surface area contributed by atoms with Crippen molar-refractivity contribution in [2.45, 2.75) is 29.9 Å². The van der Waals surface area contributed by atoms with E-state index in [2.05, 4.69) is 37.8 Å². The van der Waals surface area contributed by atoms with Gasteiger partial charge in [-0.05, 0) is 49.1 Å². The molecule has 0 spiro atoms. The van der Waals surface area contributed by atoms with Gasteiger partial charge in [-0.1, -0.05) is 29.3 Å². The third kappa shape index (κ3) is 3.59. The van der Waals surface area contributed by atoms with Crippen LogP contribution in [0, 0.1) is 0 Å². The van der Waals surface area contributed by atoms with Gasteiger partial charge in [0.2, 0.25) is 5.95 Å². The van der Waals surface area contributed by atoms with Crippen LogP contribution in [0.2, 0.25) is 10.0 Å². The smallest absolute Gasteiger partial charge is 0.231 e. The van der Waals surface area contributed by atoms with E-state index in [9.17, 15) is 0 Å². The summed E-state index contributed by atoms with van der Waals surface area (Å²) in [5, 5.41) is 10.1. The van der Waals surface area contributed by atoms with Crippen molar-refractivity contribution in [2.24, 2.45) is 0 Å². The molecular formula is C18H18Cl2N4S. The second-order valence-electron chi connectivity index (χ2n) is 6.15. The molecular weight excluding hydrogens is 375 g/mol. The summed E-state index contributed by atoms with van der Waals surface area (Å²) in [5.74, 6) is 1.73. The van der Waals surface area contributed by atoms with Crippen LogP contribution in [-0.2, 0) is 5.75 Å². The molecule has 25 heavy (non-hydrogen) atoms. The number of fused-ring (bicyclic) bond motifs is 1. The number of pyridine rings is 1. The highest BCUT2D eigenvalue weighted by Crippen LogP contribution is 2.35. The first-order valence-electron chi connectivity index (χ1n) is 8.38. The van der Waals surface area contributed by atoms with Crippen LogP contribution in [0.15, 0.2) is 41.4 Å². The van der Waals surface area contributed by atoms with Crippen LogP contribution >= 0.6 is 35.0 Å². The molecule has 1 fully saturated rings. The van der Waals surface area contributed by atoms with Crippen LogP contribution in [0.4, 0.5) is 5.95 Å². The molecule has 0 amide bonds. The van der Waals surface area contributed by atoms with Gasteiger partial charge in [0, 0.05) is 29.9 Å². The first-order chi connectivity index (χ1) is 12.2. The molecule has 0 atom stereocenters. The molecule has 3 aromatic rings. The predicted octanol–water partition coefficient (Wildman–Crippen LogP) is 5.32. The molecule has 0 unspecified atom stereocenters. The largest absolute Gasteiger partial charge is 0.341 e. The molecule has 1 aromatic carbocycles. The van der Waals surface area contributed by atoms with E-state index in [1.54, 1.807) is 11.8 Å².